The number of hydrogen-bond acceptors (Lipinski definition) is 4. The summed E-state index contributed by atoms with van der Waals surface area (Å²) < 4.78 is 29.1. The molecule has 1 aliphatic rings. The molecule has 0 amide bonds. The van der Waals surface area contributed by atoms with Gasteiger partial charge in [-0.2, -0.15) is 5.10 Å². The zero-order valence-electron chi connectivity index (χ0n) is 12.8. The summed E-state index contributed by atoms with van der Waals surface area (Å²) in [5.41, 5.74) is 1.21. The van der Waals surface area contributed by atoms with Gasteiger partial charge in [0.25, 0.3) is 0 Å². The van der Waals surface area contributed by atoms with Gasteiger partial charge >= 0.3 is 0 Å². The van der Waals surface area contributed by atoms with E-state index < -0.39 is 10.0 Å². The normalized spacial score (nSPS) is 17.7. The van der Waals surface area contributed by atoms with Gasteiger partial charge in [-0.3, -0.25) is 9.58 Å². The van der Waals surface area contributed by atoms with Crippen molar-refractivity contribution in [2.24, 2.45) is 7.05 Å². The number of nitrogens with zero attached hydrogens (tertiary/aromatic N) is 3. The first-order chi connectivity index (χ1) is 9.24. The molecule has 1 aliphatic carbocycles. The fourth-order valence-electron chi connectivity index (χ4n) is 2.43. The van der Waals surface area contributed by atoms with Crippen LogP contribution in [0.25, 0.3) is 0 Å². The molecule has 20 heavy (non-hydrogen) atoms. The Morgan fingerprint density at radius 2 is 2.05 bits per heavy atom. The van der Waals surface area contributed by atoms with Crippen LogP contribution in [-0.2, 0) is 17.1 Å². The number of aryl methyl sites for hydroxylation is 2. The minimum absolute atomic E-state index is 0.189. The summed E-state index contributed by atoms with van der Waals surface area (Å²) in [5.74, 6) is 0. The molecular formula is C13H24N4O2S. The van der Waals surface area contributed by atoms with Gasteiger partial charge in [-0.15, -0.1) is 0 Å². The van der Waals surface area contributed by atoms with E-state index in [2.05, 4.69) is 21.8 Å². The number of aromatic nitrogens is 2. The van der Waals surface area contributed by atoms with Crippen molar-refractivity contribution in [3.05, 3.63) is 11.4 Å². The molecule has 1 N–H and O–H groups in total. The van der Waals surface area contributed by atoms with Crippen LogP contribution >= 0.6 is 0 Å². The molecule has 1 heterocycles. The Labute approximate surface area is 121 Å². The number of likely N-dealkylation sites (N-methyl/N-ethyl adjacent to an activating group) is 1. The Morgan fingerprint density at radius 3 is 2.50 bits per heavy atom. The second kappa shape index (κ2) is 5.46. The van der Waals surface area contributed by atoms with Crippen LogP contribution in [0, 0.1) is 13.8 Å². The summed E-state index contributed by atoms with van der Waals surface area (Å²) in [5, 5.41) is 4.16. The Hall–Kier alpha value is -0.920. The molecular weight excluding hydrogens is 276 g/mol. The molecule has 0 saturated heterocycles. The molecule has 6 nitrogen and oxygen atoms in total. The van der Waals surface area contributed by atoms with Crippen LogP contribution in [0.5, 0.6) is 0 Å². The van der Waals surface area contributed by atoms with Gasteiger partial charge in [-0.25, -0.2) is 13.1 Å². The molecule has 1 atom stereocenters. The van der Waals surface area contributed by atoms with E-state index in [1.807, 2.05) is 6.92 Å². The molecule has 1 saturated carbocycles. The highest BCUT2D eigenvalue weighted by atomic mass is 32.2. The third-order valence-electron chi connectivity index (χ3n) is 4.10. The third-order valence-corrected chi connectivity index (χ3v) is 5.77. The molecule has 0 aliphatic heterocycles. The van der Waals surface area contributed by atoms with Gasteiger partial charge < -0.3 is 0 Å². The van der Waals surface area contributed by atoms with E-state index in [1.54, 1.807) is 25.6 Å². The van der Waals surface area contributed by atoms with Gasteiger partial charge in [0.2, 0.25) is 10.0 Å². The van der Waals surface area contributed by atoms with Crippen molar-refractivity contribution in [3.8, 4) is 0 Å². The van der Waals surface area contributed by atoms with Gasteiger partial charge in [-0.1, -0.05) is 0 Å². The summed E-state index contributed by atoms with van der Waals surface area (Å²) in [6, 6.07) is 0.811. The zero-order valence-corrected chi connectivity index (χ0v) is 13.7. The van der Waals surface area contributed by atoms with Crippen molar-refractivity contribution in [1.29, 1.82) is 0 Å². The average Bonchev–Trinajstić information content (AvgIpc) is 3.15. The highest BCUT2D eigenvalue weighted by Gasteiger charge is 2.30. The fraction of sp³-hybridized carbons (Fsp3) is 0.769. The van der Waals surface area contributed by atoms with E-state index in [1.165, 1.54) is 12.8 Å². The van der Waals surface area contributed by atoms with Crippen LogP contribution in [0.15, 0.2) is 4.90 Å². The van der Waals surface area contributed by atoms with Gasteiger partial charge in [0.1, 0.15) is 4.90 Å². The molecule has 1 fully saturated rings. The van der Waals surface area contributed by atoms with E-state index >= 15 is 0 Å². The second-order valence-corrected chi connectivity index (χ2v) is 7.42. The summed E-state index contributed by atoms with van der Waals surface area (Å²) in [7, 11) is 0.313. The van der Waals surface area contributed by atoms with Gasteiger partial charge in [-0.05, 0) is 40.7 Å². The number of hydrogen-bond donors (Lipinski definition) is 1. The predicted molar refractivity (Wildman–Crippen MR) is 78.1 cm³/mol. The number of sulfonamides is 1. The Kier molecular flexibility index (Phi) is 4.22. The number of nitrogens with one attached hydrogen (secondary N) is 1. The van der Waals surface area contributed by atoms with Crippen LogP contribution in [-0.4, -0.2) is 48.8 Å². The molecule has 0 unspecified atom stereocenters. The van der Waals surface area contributed by atoms with E-state index in [0.29, 0.717) is 28.9 Å². The minimum atomic E-state index is -3.49. The second-order valence-electron chi connectivity index (χ2n) is 5.72. The van der Waals surface area contributed by atoms with Gasteiger partial charge in [0, 0.05) is 25.7 Å². The lowest BCUT2D eigenvalue weighted by atomic mass is 10.3. The van der Waals surface area contributed by atoms with Crippen LogP contribution in [0.2, 0.25) is 0 Å². The summed E-state index contributed by atoms with van der Waals surface area (Å²) >= 11 is 0. The molecule has 0 bridgehead atoms. The maximum absolute atomic E-state index is 12.4. The van der Waals surface area contributed by atoms with Crippen LogP contribution in [0.4, 0.5) is 0 Å². The highest BCUT2D eigenvalue weighted by molar-refractivity contribution is 7.89. The molecule has 7 heteroatoms. The van der Waals surface area contributed by atoms with Gasteiger partial charge in [0.15, 0.2) is 0 Å². The first-order valence-corrected chi connectivity index (χ1v) is 8.44. The van der Waals surface area contributed by atoms with Crippen molar-refractivity contribution in [2.75, 3.05) is 13.6 Å². The molecule has 1 aromatic rings. The van der Waals surface area contributed by atoms with Crippen molar-refractivity contribution < 1.29 is 8.42 Å². The molecule has 114 valence electrons. The van der Waals surface area contributed by atoms with Crippen LogP contribution in [0.1, 0.15) is 31.2 Å². The highest BCUT2D eigenvalue weighted by Crippen LogP contribution is 2.27. The lowest BCUT2D eigenvalue weighted by Crippen LogP contribution is -2.41. The summed E-state index contributed by atoms with van der Waals surface area (Å²) in [4.78, 5) is 2.55. The van der Waals surface area contributed by atoms with Crippen LogP contribution < -0.4 is 4.72 Å². The van der Waals surface area contributed by atoms with E-state index in [0.717, 1.165) is 0 Å². The summed E-state index contributed by atoms with van der Waals surface area (Å²) in [6.45, 7) is 5.96. The first-order valence-electron chi connectivity index (χ1n) is 6.96. The lowest BCUT2D eigenvalue weighted by molar-refractivity contribution is 0.248. The van der Waals surface area contributed by atoms with Crippen LogP contribution in [0.3, 0.4) is 0 Å². The SMILES string of the molecule is Cc1nn(C)c(C)c1S(=O)(=O)NC[C@@H](C)N(C)C1CC1. The molecule has 0 spiro atoms. The maximum atomic E-state index is 12.4. The zero-order chi connectivity index (χ0) is 15.1. The monoisotopic (exact) mass is 300 g/mol. The van der Waals surface area contributed by atoms with Crippen molar-refractivity contribution in [2.45, 2.75) is 50.6 Å². The smallest absolute Gasteiger partial charge is 0.244 e. The summed E-state index contributed by atoms with van der Waals surface area (Å²) in [6.07, 6.45) is 2.43. The number of rotatable bonds is 6. The minimum Gasteiger partial charge on any atom is -0.299 e. The third kappa shape index (κ3) is 3.05. The lowest BCUT2D eigenvalue weighted by Gasteiger charge is -2.24. The Morgan fingerprint density at radius 1 is 1.45 bits per heavy atom. The largest absolute Gasteiger partial charge is 0.299 e. The van der Waals surface area contributed by atoms with Crippen molar-refractivity contribution in [1.82, 2.24) is 19.4 Å². The molecule has 0 radical (unpaired) electrons. The topological polar surface area (TPSA) is 67.2 Å². The fourth-order valence-corrected chi connectivity index (χ4v) is 3.99. The first kappa shape index (κ1) is 15.5. The van der Waals surface area contributed by atoms with Gasteiger partial charge in [0.05, 0.1) is 11.4 Å². The predicted octanol–water partition coefficient (Wildman–Crippen LogP) is 0.798. The van der Waals surface area contributed by atoms with E-state index in [-0.39, 0.29) is 6.04 Å². The van der Waals surface area contributed by atoms with Crippen molar-refractivity contribution in [3.63, 3.8) is 0 Å². The molecule has 0 aromatic carbocycles. The molecule has 2 rings (SSSR count). The van der Waals surface area contributed by atoms with E-state index in [4.69, 9.17) is 0 Å². The van der Waals surface area contributed by atoms with Crippen molar-refractivity contribution >= 4 is 10.0 Å². The standard InChI is InChI=1S/C13H24N4O2S/c1-9(16(4)12-6-7-12)8-14-20(18,19)13-10(2)15-17(5)11(13)3/h9,12,14H,6-8H2,1-5H3/t9-/m1/s1. The maximum Gasteiger partial charge on any atom is 0.244 e. The molecule has 1 aromatic heterocycles. The average molecular weight is 300 g/mol. The van der Waals surface area contributed by atoms with E-state index in [9.17, 15) is 8.42 Å². The Bertz CT molecular complexity index is 590. The quantitative estimate of drug-likeness (QED) is 0.844. The Balaban J connectivity index is 2.07.